The zero-order valence-corrected chi connectivity index (χ0v) is 12.6. The number of carbonyl (C=O) groups excluding carboxylic acids is 1. The molecular formula is C16H25NO2. The lowest BCUT2D eigenvalue weighted by Gasteiger charge is -2.29. The van der Waals surface area contributed by atoms with E-state index in [1.165, 1.54) is 0 Å². The minimum Gasteiger partial charge on any atom is -0.497 e. The van der Waals surface area contributed by atoms with Gasteiger partial charge in [0, 0.05) is 5.92 Å². The highest BCUT2D eigenvalue weighted by molar-refractivity contribution is 5.79. The molecule has 0 bridgehead atoms. The van der Waals surface area contributed by atoms with Crippen molar-refractivity contribution in [3.63, 3.8) is 0 Å². The van der Waals surface area contributed by atoms with Crippen molar-refractivity contribution in [1.82, 2.24) is 5.32 Å². The topological polar surface area (TPSA) is 38.3 Å². The number of nitrogens with one attached hydrogen (secondary N) is 1. The molecule has 0 aliphatic rings. The van der Waals surface area contributed by atoms with Crippen LogP contribution in [0.15, 0.2) is 24.3 Å². The molecule has 1 aromatic rings. The Morgan fingerprint density at radius 2 is 1.74 bits per heavy atom. The number of hydrogen-bond donors (Lipinski definition) is 1. The van der Waals surface area contributed by atoms with E-state index in [-0.39, 0.29) is 17.4 Å². The fourth-order valence-electron chi connectivity index (χ4n) is 2.15. The maximum atomic E-state index is 12.2. The van der Waals surface area contributed by atoms with Crippen molar-refractivity contribution in [2.45, 2.75) is 46.1 Å². The average Bonchev–Trinajstić information content (AvgIpc) is 2.39. The van der Waals surface area contributed by atoms with E-state index in [0.717, 1.165) is 24.2 Å². The third-order valence-corrected chi connectivity index (χ3v) is 3.60. The second kappa shape index (κ2) is 6.60. The van der Waals surface area contributed by atoms with Crippen molar-refractivity contribution in [2.24, 2.45) is 5.92 Å². The Labute approximate surface area is 116 Å². The molecule has 0 saturated heterocycles. The van der Waals surface area contributed by atoms with Crippen molar-refractivity contribution in [3.05, 3.63) is 29.8 Å². The molecule has 1 amide bonds. The summed E-state index contributed by atoms with van der Waals surface area (Å²) in [4.78, 5) is 12.2. The van der Waals surface area contributed by atoms with Crippen molar-refractivity contribution >= 4 is 5.91 Å². The molecule has 0 saturated carbocycles. The van der Waals surface area contributed by atoms with E-state index >= 15 is 0 Å². The van der Waals surface area contributed by atoms with Crippen molar-refractivity contribution < 1.29 is 9.53 Å². The van der Waals surface area contributed by atoms with E-state index in [2.05, 4.69) is 5.32 Å². The average molecular weight is 263 g/mol. The predicted octanol–water partition coefficient (Wildman–Crippen LogP) is 3.48. The van der Waals surface area contributed by atoms with Crippen molar-refractivity contribution in [1.29, 1.82) is 0 Å². The van der Waals surface area contributed by atoms with Crippen molar-refractivity contribution in [2.75, 3.05) is 7.11 Å². The smallest absolute Gasteiger partial charge is 0.223 e. The highest BCUT2D eigenvalue weighted by Crippen LogP contribution is 2.23. The molecule has 0 aromatic heterocycles. The van der Waals surface area contributed by atoms with Gasteiger partial charge in [-0.25, -0.2) is 0 Å². The molecule has 0 aliphatic heterocycles. The number of carbonyl (C=O) groups is 1. The van der Waals surface area contributed by atoms with Gasteiger partial charge in [-0.3, -0.25) is 4.79 Å². The van der Waals surface area contributed by atoms with Gasteiger partial charge in [0.2, 0.25) is 5.91 Å². The van der Waals surface area contributed by atoms with Crippen LogP contribution in [0.3, 0.4) is 0 Å². The van der Waals surface area contributed by atoms with Gasteiger partial charge < -0.3 is 10.1 Å². The molecule has 0 radical (unpaired) electrons. The molecular weight excluding hydrogens is 238 g/mol. The van der Waals surface area contributed by atoms with Crippen molar-refractivity contribution in [3.8, 4) is 5.75 Å². The van der Waals surface area contributed by atoms with Gasteiger partial charge in [-0.1, -0.05) is 26.0 Å². The third-order valence-electron chi connectivity index (χ3n) is 3.60. The Bertz CT molecular complexity index is 405. The van der Waals surface area contributed by atoms with Crippen LogP contribution in [0.5, 0.6) is 5.75 Å². The van der Waals surface area contributed by atoms with E-state index in [1.54, 1.807) is 7.11 Å². The summed E-state index contributed by atoms with van der Waals surface area (Å²) in [7, 11) is 1.65. The van der Waals surface area contributed by atoms with Crippen LogP contribution in [0.4, 0.5) is 0 Å². The summed E-state index contributed by atoms with van der Waals surface area (Å²) in [5.41, 5.74) is 0.707. The van der Waals surface area contributed by atoms with Crippen LogP contribution in [-0.4, -0.2) is 13.0 Å². The molecule has 3 heteroatoms. The van der Waals surface area contributed by atoms with E-state index in [9.17, 15) is 4.79 Å². The number of hydrogen-bond acceptors (Lipinski definition) is 2. The molecule has 0 unspecified atom stereocenters. The van der Waals surface area contributed by atoms with Gasteiger partial charge in [-0.2, -0.15) is 0 Å². The van der Waals surface area contributed by atoms with Crippen LogP contribution >= 0.6 is 0 Å². The number of ether oxygens (including phenoxy) is 1. The molecule has 0 aliphatic carbocycles. The summed E-state index contributed by atoms with van der Waals surface area (Å²) < 4.78 is 5.15. The van der Waals surface area contributed by atoms with Crippen LogP contribution in [0, 0.1) is 5.92 Å². The first-order chi connectivity index (χ1) is 8.94. The highest BCUT2D eigenvalue weighted by Gasteiger charge is 2.25. The Morgan fingerprint density at radius 3 is 2.16 bits per heavy atom. The first kappa shape index (κ1) is 15.5. The van der Waals surface area contributed by atoms with Crippen LogP contribution < -0.4 is 10.1 Å². The molecule has 3 nitrogen and oxygen atoms in total. The molecule has 1 N–H and O–H groups in total. The second-order valence-electron chi connectivity index (χ2n) is 5.36. The van der Waals surface area contributed by atoms with Crippen LogP contribution in [0.25, 0.3) is 0 Å². The normalized spacial score (nSPS) is 11.5. The maximum Gasteiger partial charge on any atom is 0.223 e. The summed E-state index contributed by atoms with van der Waals surface area (Å²) in [6.45, 7) is 8.15. The Kier molecular flexibility index (Phi) is 5.40. The van der Waals surface area contributed by atoms with Gasteiger partial charge >= 0.3 is 0 Å². The molecule has 0 fully saturated rings. The first-order valence-corrected chi connectivity index (χ1v) is 6.91. The largest absolute Gasteiger partial charge is 0.497 e. The number of rotatable bonds is 6. The highest BCUT2D eigenvalue weighted by atomic mass is 16.5. The van der Waals surface area contributed by atoms with Gasteiger partial charge in [0.05, 0.1) is 12.6 Å². The summed E-state index contributed by atoms with van der Waals surface area (Å²) >= 11 is 0. The quantitative estimate of drug-likeness (QED) is 0.853. The van der Waals surface area contributed by atoms with Gasteiger partial charge in [0.1, 0.15) is 5.75 Å². The lowest BCUT2D eigenvalue weighted by Crippen LogP contribution is -2.43. The van der Waals surface area contributed by atoms with Gasteiger partial charge in [-0.15, -0.1) is 0 Å². The monoisotopic (exact) mass is 263 g/mol. The zero-order valence-electron chi connectivity index (χ0n) is 12.6. The molecule has 0 spiro atoms. The number of benzene rings is 1. The Morgan fingerprint density at radius 1 is 1.21 bits per heavy atom. The minimum atomic E-state index is -0.369. The van der Waals surface area contributed by atoms with Gasteiger partial charge in [0.25, 0.3) is 0 Å². The lowest BCUT2D eigenvalue weighted by atomic mass is 9.92. The molecule has 0 heterocycles. The summed E-state index contributed by atoms with van der Waals surface area (Å²) in [6, 6.07) is 7.82. The number of amides is 1. The van der Waals surface area contributed by atoms with Crippen LogP contribution in [0.2, 0.25) is 0 Å². The second-order valence-corrected chi connectivity index (χ2v) is 5.36. The zero-order chi connectivity index (χ0) is 14.5. The maximum absolute atomic E-state index is 12.2. The van der Waals surface area contributed by atoms with Crippen LogP contribution in [-0.2, 0) is 10.3 Å². The summed E-state index contributed by atoms with van der Waals surface area (Å²) in [5, 5.41) is 3.13. The van der Waals surface area contributed by atoms with Gasteiger partial charge in [-0.05, 0) is 44.4 Å². The Hall–Kier alpha value is -1.51. The van der Waals surface area contributed by atoms with Gasteiger partial charge in [0.15, 0.2) is 0 Å². The lowest BCUT2D eigenvalue weighted by molar-refractivity contribution is -0.126. The first-order valence-electron chi connectivity index (χ1n) is 6.91. The minimum absolute atomic E-state index is 0.0949. The molecule has 1 rings (SSSR count). The molecule has 1 aromatic carbocycles. The Balaban J connectivity index is 2.81. The summed E-state index contributed by atoms with van der Waals surface area (Å²) in [6.07, 6.45) is 1.75. The summed E-state index contributed by atoms with van der Waals surface area (Å²) in [5.74, 6) is 1.05. The number of methoxy groups -OCH3 is 1. The third kappa shape index (κ3) is 3.98. The molecule has 106 valence electrons. The predicted molar refractivity (Wildman–Crippen MR) is 78.2 cm³/mol. The van der Waals surface area contributed by atoms with Crippen LogP contribution in [0.1, 0.15) is 46.1 Å². The van der Waals surface area contributed by atoms with E-state index < -0.39 is 0 Å². The standard InChI is InChI=1S/C16H25NO2/c1-6-12(7-2)15(18)17-16(3,4)13-8-10-14(19-5)11-9-13/h8-12H,6-7H2,1-5H3,(H,17,18). The van der Waals surface area contributed by atoms with E-state index in [4.69, 9.17) is 4.74 Å². The molecule has 0 atom stereocenters. The molecule has 19 heavy (non-hydrogen) atoms. The fraction of sp³-hybridized carbons (Fsp3) is 0.562. The van der Waals surface area contributed by atoms with E-state index in [0.29, 0.717) is 0 Å². The SMILES string of the molecule is CCC(CC)C(=O)NC(C)(C)c1ccc(OC)cc1. The van der Waals surface area contributed by atoms with E-state index in [1.807, 2.05) is 52.0 Å². The fourth-order valence-corrected chi connectivity index (χ4v) is 2.15.